The molecular formula is C10H4BrClF2N6. The standard InChI is InChI=1S/C10H4BrClF2N6/c11-5-3-15-9-19-18-8(20(9)4-5)10(13,14)6-1-2-7(12)17-16-6/h1-4H. The van der Waals surface area contributed by atoms with Gasteiger partial charge in [0.25, 0.3) is 5.78 Å². The summed E-state index contributed by atoms with van der Waals surface area (Å²) in [5, 5.41) is 13.9. The summed E-state index contributed by atoms with van der Waals surface area (Å²) in [6.07, 6.45) is 2.84. The van der Waals surface area contributed by atoms with E-state index in [4.69, 9.17) is 11.6 Å². The lowest BCUT2D eigenvalue weighted by atomic mass is 10.2. The van der Waals surface area contributed by atoms with Gasteiger partial charge in [0.05, 0.1) is 4.47 Å². The summed E-state index contributed by atoms with van der Waals surface area (Å²) in [4.78, 5) is 3.87. The van der Waals surface area contributed by atoms with Gasteiger partial charge in [0.1, 0.15) is 5.69 Å². The number of halogens is 4. The van der Waals surface area contributed by atoms with Crippen molar-refractivity contribution in [2.75, 3.05) is 0 Å². The van der Waals surface area contributed by atoms with Crippen LogP contribution in [0.25, 0.3) is 5.78 Å². The van der Waals surface area contributed by atoms with E-state index in [9.17, 15) is 8.78 Å². The fourth-order valence-corrected chi connectivity index (χ4v) is 1.99. The molecule has 20 heavy (non-hydrogen) atoms. The number of aromatic nitrogens is 6. The average molecular weight is 362 g/mol. The van der Waals surface area contributed by atoms with Gasteiger partial charge in [-0.05, 0) is 28.1 Å². The van der Waals surface area contributed by atoms with Gasteiger partial charge < -0.3 is 0 Å². The lowest BCUT2D eigenvalue weighted by Crippen LogP contribution is -2.21. The minimum atomic E-state index is -3.47. The number of nitrogens with zero attached hydrogens (tertiary/aromatic N) is 6. The molecule has 3 rings (SSSR count). The number of fused-ring (bicyclic) bond motifs is 1. The van der Waals surface area contributed by atoms with Crippen molar-refractivity contribution in [1.29, 1.82) is 0 Å². The van der Waals surface area contributed by atoms with E-state index in [1.54, 1.807) is 0 Å². The zero-order valence-corrected chi connectivity index (χ0v) is 11.8. The second-order valence-electron chi connectivity index (χ2n) is 3.78. The molecule has 102 valence electrons. The van der Waals surface area contributed by atoms with E-state index in [0.717, 1.165) is 10.5 Å². The Bertz CT molecular complexity index is 775. The minimum Gasteiger partial charge on any atom is -0.264 e. The van der Waals surface area contributed by atoms with Crippen LogP contribution in [-0.2, 0) is 5.92 Å². The predicted molar refractivity (Wildman–Crippen MR) is 68.5 cm³/mol. The Labute approximate surface area is 124 Å². The van der Waals surface area contributed by atoms with Crippen LogP contribution in [-0.4, -0.2) is 29.8 Å². The highest BCUT2D eigenvalue weighted by atomic mass is 79.9. The topological polar surface area (TPSA) is 68.9 Å². The van der Waals surface area contributed by atoms with E-state index >= 15 is 0 Å². The molecule has 0 amide bonds. The van der Waals surface area contributed by atoms with Gasteiger partial charge in [-0.2, -0.15) is 8.78 Å². The Morgan fingerprint density at radius 2 is 1.95 bits per heavy atom. The van der Waals surface area contributed by atoms with Gasteiger partial charge in [0.2, 0.25) is 5.82 Å². The third-order valence-corrected chi connectivity index (χ3v) is 3.08. The van der Waals surface area contributed by atoms with Crippen molar-refractivity contribution in [3.8, 4) is 0 Å². The molecule has 10 heteroatoms. The van der Waals surface area contributed by atoms with E-state index < -0.39 is 17.4 Å². The summed E-state index contributed by atoms with van der Waals surface area (Å²) in [6.45, 7) is 0. The smallest absolute Gasteiger partial charge is 0.264 e. The molecule has 3 aromatic heterocycles. The number of alkyl halides is 2. The maximum absolute atomic E-state index is 14.4. The maximum atomic E-state index is 14.4. The van der Waals surface area contributed by atoms with Gasteiger partial charge in [-0.1, -0.05) is 11.6 Å². The summed E-state index contributed by atoms with van der Waals surface area (Å²) < 4.78 is 30.4. The number of hydrogen-bond acceptors (Lipinski definition) is 5. The van der Waals surface area contributed by atoms with Crippen LogP contribution in [0.4, 0.5) is 8.78 Å². The Morgan fingerprint density at radius 3 is 2.65 bits per heavy atom. The van der Waals surface area contributed by atoms with Crippen LogP contribution in [0.3, 0.4) is 0 Å². The zero-order valence-electron chi connectivity index (χ0n) is 9.50. The summed E-state index contributed by atoms with van der Waals surface area (Å²) >= 11 is 8.69. The van der Waals surface area contributed by atoms with E-state index in [1.807, 2.05) is 0 Å². The van der Waals surface area contributed by atoms with Crippen LogP contribution in [0.5, 0.6) is 0 Å². The highest BCUT2D eigenvalue weighted by Crippen LogP contribution is 2.33. The van der Waals surface area contributed by atoms with E-state index in [1.165, 1.54) is 18.5 Å². The van der Waals surface area contributed by atoms with Crippen LogP contribution in [0.1, 0.15) is 11.5 Å². The highest BCUT2D eigenvalue weighted by molar-refractivity contribution is 9.10. The average Bonchev–Trinajstić information content (AvgIpc) is 2.82. The monoisotopic (exact) mass is 360 g/mol. The lowest BCUT2D eigenvalue weighted by molar-refractivity contribution is 0.0260. The molecule has 0 unspecified atom stereocenters. The first-order valence-corrected chi connectivity index (χ1v) is 6.40. The van der Waals surface area contributed by atoms with Gasteiger partial charge in [-0.3, -0.25) is 4.40 Å². The van der Waals surface area contributed by atoms with E-state index in [0.29, 0.717) is 4.47 Å². The van der Waals surface area contributed by atoms with Gasteiger partial charge in [0.15, 0.2) is 5.15 Å². The van der Waals surface area contributed by atoms with Crippen molar-refractivity contribution < 1.29 is 8.78 Å². The van der Waals surface area contributed by atoms with Crippen molar-refractivity contribution in [2.45, 2.75) is 5.92 Å². The third-order valence-electron chi connectivity index (χ3n) is 2.47. The summed E-state index contributed by atoms with van der Waals surface area (Å²) in [5.74, 6) is -4.01. The fourth-order valence-electron chi connectivity index (χ4n) is 1.58. The SMILES string of the molecule is FC(F)(c1ccc(Cl)nn1)c1nnc2ncc(Br)cn12. The molecule has 0 saturated carbocycles. The molecule has 3 aromatic rings. The number of hydrogen-bond donors (Lipinski definition) is 0. The Hall–Kier alpha value is -1.74. The molecule has 0 aliphatic heterocycles. The Morgan fingerprint density at radius 1 is 1.15 bits per heavy atom. The van der Waals surface area contributed by atoms with Crippen molar-refractivity contribution in [3.05, 3.63) is 45.7 Å². The van der Waals surface area contributed by atoms with Crippen molar-refractivity contribution in [1.82, 2.24) is 29.8 Å². The van der Waals surface area contributed by atoms with Gasteiger partial charge in [-0.15, -0.1) is 20.4 Å². The number of rotatable bonds is 2. The van der Waals surface area contributed by atoms with Crippen molar-refractivity contribution in [3.63, 3.8) is 0 Å². The van der Waals surface area contributed by atoms with Gasteiger partial charge >= 0.3 is 5.92 Å². The third kappa shape index (κ3) is 2.12. The highest BCUT2D eigenvalue weighted by Gasteiger charge is 2.41. The molecule has 6 nitrogen and oxygen atoms in total. The van der Waals surface area contributed by atoms with Crippen LogP contribution in [0.2, 0.25) is 5.15 Å². The molecule has 0 spiro atoms. The first-order chi connectivity index (χ1) is 9.48. The normalized spacial score (nSPS) is 12.0. The van der Waals surface area contributed by atoms with E-state index in [-0.39, 0.29) is 10.9 Å². The van der Waals surface area contributed by atoms with Gasteiger partial charge in [-0.25, -0.2) is 4.98 Å². The largest absolute Gasteiger partial charge is 0.350 e. The van der Waals surface area contributed by atoms with E-state index in [2.05, 4.69) is 41.3 Å². The van der Waals surface area contributed by atoms with Crippen LogP contribution >= 0.6 is 27.5 Å². The molecule has 0 aromatic carbocycles. The van der Waals surface area contributed by atoms with Crippen molar-refractivity contribution in [2.24, 2.45) is 0 Å². The van der Waals surface area contributed by atoms with Gasteiger partial charge in [0, 0.05) is 12.4 Å². The van der Waals surface area contributed by atoms with Crippen LogP contribution < -0.4 is 0 Å². The molecule has 0 saturated heterocycles. The van der Waals surface area contributed by atoms with Crippen LogP contribution in [0, 0.1) is 0 Å². The molecule has 3 heterocycles. The second kappa shape index (κ2) is 4.67. The molecule has 0 fully saturated rings. The zero-order chi connectivity index (χ0) is 14.3. The summed E-state index contributed by atoms with van der Waals surface area (Å²) in [6, 6.07) is 2.32. The Balaban J connectivity index is 2.17. The quantitative estimate of drug-likeness (QED) is 0.701. The summed E-state index contributed by atoms with van der Waals surface area (Å²) in [7, 11) is 0. The first-order valence-electron chi connectivity index (χ1n) is 5.23. The molecule has 0 atom stereocenters. The molecule has 0 radical (unpaired) electrons. The minimum absolute atomic E-state index is 0.0278. The summed E-state index contributed by atoms with van der Waals surface area (Å²) in [5.41, 5.74) is -0.573. The Kier molecular flexibility index (Phi) is 3.09. The first kappa shape index (κ1) is 13.3. The fraction of sp³-hybridized carbons (Fsp3) is 0.100. The second-order valence-corrected chi connectivity index (χ2v) is 5.08. The predicted octanol–water partition coefficient (Wildman–Crippen LogP) is 2.47. The lowest BCUT2D eigenvalue weighted by Gasteiger charge is -2.12. The molecule has 0 aliphatic rings. The molecule has 0 aliphatic carbocycles. The van der Waals surface area contributed by atoms with Crippen molar-refractivity contribution >= 4 is 33.3 Å². The maximum Gasteiger partial charge on any atom is 0.350 e. The molecule has 0 N–H and O–H groups in total. The molecule has 0 bridgehead atoms. The van der Waals surface area contributed by atoms with Crippen LogP contribution in [0.15, 0.2) is 29.0 Å². The molecular weight excluding hydrogens is 358 g/mol.